The van der Waals surface area contributed by atoms with E-state index in [0.717, 1.165) is 0 Å². The number of hydrogen-bond acceptors (Lipinski definition) is 2. The molecule has 0 heterocycles. The molecule has 0 aliphatic rings. The van der Waals surface area contributed by atoms with E-state index in [0.29, 0.717) is 0 Å². The van der Waals surface area contributed by atoms with E-state index in [1.54, 1.807) is 0 Å². The minimum atomic E-state index is 0. The van der Waals surface area contributed by atoms with Crippen LogP contribution in [0.25, 0.3) is 0 Å². The molecule has 0 unspecified atom stereocenters. The average Bonchev–Trinajstić information content (AvgIpc) is 1.50. The summed E-state index contributed by atoms with van der Waals surface area (Å²) >= 11 is 2.75. The molecule has 5 heavy (non-hydrogen) atoms. The molecule has 0 aromatic rings. The van der Waals surface area contributed by atoms with Gasteiger partial charge in [-0.1, -0.05) is 0 Å². The zero-order valence-corrected chi connectivity index (χ0v) is 6.29. The molecule has 0 spiro atoms. The summed E-state index contributed by atoms with van der Waals surface area (Å²) in [5, 5.41) is 0. The van der Waals surface area contributed by atoms with Gasteiger partial charge >= 0.3 is 41.1 Å². The van der Waals surface area contributed by atoms with Crippen LogP contribution in [-0.4, -0.2) is 5.48 Å². The molecule has 0 amide bonds. The Labute approximate surface area is 46.9 Å². The van der Waals surface area contributed by atoms with Crippen LogP contribution in [0.4, 0.5) is 0 Å². The molecule has 0 aliphatic carbocycles. The first-order valence-electron chi connectivity index (χ1n) is 0.418. The zero-order chi connectivity index (χ0) is 4.00. The fourth-order valence-corrected chi connectivity index (χ4v) is 0. The molecular formula is H2NiO3Zn. The standard InChI is InChI=1S/Ni.H2O.2O.Zn/h;1H2;;;. The second-order valence-corrected chi connectivity index (χ2v) is 0. The van der Waals surface area contributed by atoms with Crippen LogP contribution in [0.1, 0.15) is 0 Å². The molecule has 0 atom stereocenters. The van der Waals surface area contributed by atoms with Crippen LogP contribution in [0.3, 0.4) is 0 Å². The Kier molecular flexibility index (Phi) is 478. The fourth-order valence-electron chi connectivity index (χ4n) is 0. The third kappa shape index (κ3) is 73.1. The minimum absolute atomic E-state index is 0. The van der Waals surface area contributed by atoms with E-state index < -0.39 is 0 Å². The van der Waals surface area contributed by atoms with Crippen LogP contribution in [-0.2, 0) is 41.1 Å². The van der Waals surface area contributed by atoms with Gasteiger partial charge in [0.2, 0.25) is 0 Å². The molecule has 0 saturated carbocycles. The van der Waals surface area contributed by atoms with Gasteiger partial charge in [0.05, 0.1) is 0 Å². The zero-order valence-electron chi connectivity index (χ0n) is 2.34. The van der Waals surface area contributed by atoms with Gasteiger partial charge in [0, 0.05) is 0 Å². The van der Waals surface area contributed by atoms with E-state index in [9.17, 15) is 0 Å². The molecule has 0 saturated heterocycles. The summed E-state index contributed by atoms with van der Waals surface area (Å²) in [6.07, 6.45) is 0. The van der Waals surface area contributed by atoms with Crippen LogP contribution in [0.2, 0.25) is 0 Å². The van der Waals surface area contributed by atoms with Crippen molar-refractivity contribution < 1.29 is 46.6 Å². The Morgan fingerprint density at radius 2 is 1.20 bits per heavy atom. The molecule has 0 aromatic carbocycles. The van der Waals surface area contributed by atoms with Crippen LogP contribution >= 0.6 is 0 Å². The van der Waals surface area contributed by atoms with Gasteiger partial charge in [0.1, 0.15) is 0 Å². The maximum atomic E-state index is 8.38. The Bertz CT molecular complexity index is 8.85. The van der Waals surface area contributed by atoms with Crippen LogP contribution in [0.15, 0.2) is 0 Å². The summed E-state index contributed by atoms with van der Waals surface area (Å²) in [4.78, 5) is 0. The summed E-state index contributed by atoms with van der Waals surface area (Å²) in [6, 6.07) is 0. The van der Waals surface area contributed by atoms with E-state index >= 15 is 0 Å². The van der Waals surface area contributed by atoms with Gasteiger partial charge in [-0.15, -0.1) is 0 Å². The topological polar surface area (TPSA) is 65.6 Å². The molecule has 5 heteroatoms. The van der Waals surface area contributed by atoms with Gasteiger partial charge in [-0.2, -0.15) is 0 Å². The van der Waals surface area contributed by atoms with Crippen molar-refractivity contribution in [2.45, 2.75) is 0 Å². The Morgan fingerprint density at radius 1 is 1.20 bits per heavy atom. The van der Waals surface area contributed by atoms with E-state index in [1.165, 1.54) is 0 Å². The molecule has 0 fully saturated rings. The second-order valence-electron chi connectivity index (χ2n) is 0. The van der Waals surface area contributed by atoms with Crippen molar-refractivity contribution in [2.75, 3.05) is 0 Å². The molecule has 0 bridgehead atoms. The monoisotopic (exact) mass is 172 g/mol. The number of hydrogen-bond donors (Lipinski definition) is 0. The van der Waals surface area contributed by atoms with Crippen molar-refractivity contribution in [3.8, 4) is 0 Å². The van der Waals surface area contributed by atoms with Crippen molar-refractivity contribution in [3.05, 3.63) is 0 Å². The normalized spacial score (nSPS) is 2.40. The second kappa shape index (κ2) is 138. The first-order valence-corrected chi connectivity index (χ1v) is 2.03. The molecule has 0 aromatic heterocycles. The predicted octanol–water partition coefficient (Wildman–Crippen LogP) is -1.07. The molecule has 32 valence electrons. The Morgan fingerprint density at radius 3 is 1.20 bits per heavy atom. The predicted molar refractivity (Wildman–Crippen MR) is 4.99 cm³/mol. The Hall–Kier alpha value is 0.677. The van der Waals surface area contributed by atoms with Gasteiger partial charge in [-0.25, -0.2) is 0 Å². The molecule has 2 N–H and O–H groups in total. The average molecular weight is 174 g/mol. The van der Waals surface area contributed by atoms with Gasteiger partial charge in [0.15, 0.2) is 0 Å². The Balaban J connectivity index is -0.0000000133. The van der Waals surface area contributed by atoms with Crippen molar-refractivity contribution in [1.29, 1.82) is 0 Å². The summed E-state index contributed by atoms with van der Waals surface area (Å²) in [7, 11) is 0. The maximum absolute atomic E-state index is 8.38. The molecule has 3 nitrogen and oxygen atoms in total. The summed E-state index contributed by atoms with van der Waals surface area (Å²) in [5.41, 5.74) is 0. The van der Waals surface area contributed by atoms with Crippen molar-refractivity contribution in [3.63, 3.8) is 0 Å². The summed E-state index contributed by atoms with van der Waals surface area (Å²) in [6.45, 7) is 0. The van der Waals surface area contributed by atoms with Gasteiger partial charge in [-0.3, -0.25) is 0 Å². The van der Waals surface area contributed by atoms with Gasteiger partial charge in [-0.05, 0) is 0 Å². The number of rotatable bonds is 0. The van der Waals surface area contributed by atoms with Crippen LogP contribution in [0, 0.1) is 0 Å². The SMILES string of the molecule is O.[O]=[Ni].[O]=[Zn]. The van der Waals surface area contributed by atoms with Crippen molar-refractivity contribution >= 4 is 0 Å². The summed E-state index contributed by atoms with van der Waals surface area (Å²) in [5.74, 6) is 0. The third-order valence-corrected chi connectivity index (χ3v) is 0. The summed E-state index contributed by atoms with van der Waals surface area (Å²) < 4.78 is 16.2. The van der Waals surface area contributed by atoms with Crippen molar-refractivity contribution in [2.24, 2.45) is 0 Å². The first kappa shape index (κ1) is 17.3. The van der Waals surface area contributed by atoms with Gasteiger partial charge < -0.3 is 5.48 Å². The third-order valence-electron chi connectivity index (χ3n) is 0. The van der Waals surface area contributed by atoms with Crippen LogP contribution < -0.4 is 0 Å². The van der Waals surface area contributed by atoms with Crippen molar-refractivity contribution in [1.82, 2.24) is 0 Å². The van der Waals surface area contributed by atoms with E-state index in [1.807, 2.05) is 0 Å². The van der Waals surface area contributed by atoms with Crippen LogP contribution in [0.5, 0.6) is 0 Å². The molecule has 0 rings (SSSR count). The van der Waals surface area contributed by atoms with E-state index in [-0.39, 0.29) is 23.7 Å². The molecule has 0 aliphatic heterocycles. The van der Waals surface area contributed by atoms with E-state index in [2.05, 4.69) is 15.4 Å². The quantitative estimate of drug-likeness (QED) is 0.439. The first-order chi connectivity index (χ1) is 2.00. The van der Waals surface area contributed by atoms with Gasteiger partial charge in [0.25, 0.3) is 0 Å². The fraction of sp³-hybridized carbons (Fsp3) is 0. The van der Waals surface area contributed by atoms with E-state index in [4.69, 9.17) is 7.47 Å². The molecule has 0 radical (unpaired) electrons. The molecular weight excluding hydrogens is 172 g/mol.